The quantitative estimate of drug-likeness (QED) is 0.645. The summed E-state index contributed by atoms with van der Waals surface area (Å²) in [5, 5.41) is 5.20. The van der Waals surface area contributed by atoms with Gasteiger partial charge in [0.05, 0.1) is 0 Å². The van der Waals surface area contributed by atoms with Gasteiger partial charge in [-0.3, -0.25) is 9.80 Å². The van der Waals surface area contributed by atoms with Crippen molar-refractivity contribution in [3.05, 3.63) is 0 Å². The van der Waals surface area contributed by atoms with E-state index in [4.69, 9.17) is 0 Å². The highest BCUT2D eigenvalue weighted by Gasteiger charge is 2.51. The minimum Gasteiger partial charge on any atom is -0.316 e. The first-order valence-corrected chi connectivity index (χ1v) is 5.56. The van der Waals surface area contributed by atoms with Gasteiger partial charge in [-0.05, 0) is 38.3 Å². The van der Waals surface area contributed by atoms with Crippen LogP contribution in [0.3, 0.4) is 0 Å². The third kappa shape index (κ3) is 1.42. The Morgan fingerprint density at radius 1 is 1.50 bits per heavy atom. The summed E-state index contributed by atoms with van der Waals surface area (Å²) in [6.07, 6.45) is 4.29. The van der Waals surface area contributed by atoms with Crippen LogP contribution in [0.25, 0.3) is 0 Å². The lowest BCUT2D eigenvalue weighted by molar-refractivity contribution is -0.130. The second kappa shape index (κ2) is 2.94. The van der Waals surface area contributed by atoms with Crippen LogP contribution in [0.1, 0.15) is 25.7 Å². The molecule has 2 heterocycles. The summed E-state index contributed by atoms with van der Waals surface area (Å²) in [5.74, 6) is 0.953. The molecule has 14 heavy (non-hydrogen) atoms. The van der Waals surface area contributed by atoms with Crippen LogP contribution in [0, 0.1) is 5.92 Å². The van der Waals surface area contributed by atoms with Crippen LogP contribution in [0.4, 0.5) is 0 Å². The number of nitrogens with zero attached hydrogens (tertiary/aromatic N) is 1. The smallest absolute Gasteiger partial charge is 0.238 e. The van der Waals surface area contributed by atoms with Crippen molar-refractivity contribution in [1.82, 2.24) is 15.8 Å². The second-order valence-corrected chi connectivity index (χ2v) is 4.93. The van der Waals surface area contributed by atoms with Gasteiger partial charge in [0, 0.05) is 18.5 Å². The normalized spacial score (nSPS) is 34.4. The molecule has 4 heteroatoms. The van der Waals surface area contributed by atoms with Crippen molar-refractivity contribution in [3.63, 3.8) is 0 Å². The summed E-state index contributed by atoms with van der Waals surface area (Å²) in [6, 6.07) is 0. The summed E-state index contributed by atoms with van der Waals surface area (Å²) in [4.78, 5) is 11.7. The van der Waals surface area contributed by atoms with Crippen molar-refractivity contribution in [2.45, 2.75) is 31.2 Å². The van der Waals surface area contributed by atoms with Crippen LogP contribution in [0.2, 0.25) is 0 Å². The molecular formula is C10H17N3O. The van der Waals surface area contributed by atoms with E-state index >= 15 is 0 Å². The fourth-order valence-electron chi connectivity index (χ4n) is 2.49. The summed E-state index contributed by atoms with van der Waals surface area (Å²) in [7, 11) is 0. The number of carbonyl (C=O) groups excluding carboxylic acids is 1. The molecule has 3 rings (SSSR count). The number of hydrazine groups is 1. The number of amides is 1. The lowest BCUT2D eigenvalue weighted by Crippen LogP contribution is -2.41. The van der Waals surface area contributed by atoms with Gasteiger partial charge in [-0.1, -0.05) is 0 Å². The topological polar surface area (TPSA) is 44.4 Å². The first-order chi connectivity index (χ1) is 6.77. The molecule has 0 aromatic heterocycles. The molecule has 1 unspecified atom stereocenters. The van der Waals surface area contributed by atoms with Crippen molar-refractivity contribution in [2.24, 2.45) is 5.92 Å². The lowest BCUT2D eigenvalue weighted by atomic mass is 10.1. The average molecular weight is 195 g/mol. The SMILES string of the molecule is O=C1CC2(CC2)NN1CC1CCNC1. The minimum atomic E-state index is 0.198. The van der Waals surface area contributed by atoms with E-state index in [1.54, 1.807) is 0 Å². The molecule has 1 saturated carbocycles. The van der Waals surface area contributed by atoms with E-state index in [9.17, 15) is 4.79 Å². The third-order valence-electron chi connectivity index (χ3n) is 3.62. The fraction of sp³-hybridized carbons (Fsp3) is 0.900. The van der Waals surface area contributed by atoms with Crippen molar-refractivity contribution in [2.75, 3.05) is 19.6 Å². The van der Waals surface area contributed by atoms with Gasteiger partial charge in [0.15, 0.2) is 0 Å². The molecule has 0 bridgehead atoms. The van der Waals surface area contributed by atoms with Gasteiger partial charge in [0.25, 0.3) is 0 Å². The summed E-state index contributed by atoms with van der Waals surface area (Å²) < 4.78 is 0. The number of rotatable bonds is 2. The zero-order chi connectivity index (χ0) is 9.60. The summed E-state index contributed by atoms with van der Waals surface area (Å²) in [6.45, 7) is 3.07. The Morgan fingerprint density at radius 2 is 2.36 bits per heavy atom. The molecule has 2 aliphatic heterocycles. The van der Waals surface area contributed by atoms with Gasteiger partial charge >= 0.3 is 0 Å². The van der Waals surface area contributed by atoms with E-state index in [0.29, 0.717) is 11.8 Å². The third-order valence-corrected chi connectivity index (χ3v) is 3.62. The van der Waals surface area contributed by atoms with Gasteiger partial charge in [0.2, 0.25) is 5.91 Å². The number of nitrogens with one attached hydrogen (secondary N) is 2. The van der Waals surface area contributed by atoms with Crippen molar-refractivity contribution < 1.29 is 4.79 Å². The van der Waals surface area contributed by atoms with Crippen molar-refractivity contribution in [1.29, 1.82) is 0 Å². The minimum absolute atomic E-state index is 0.198. The lowest BCUT2D eigenvalue weighted by Gasteiger charge is -2.20. The number of carbonyl (C=O) groups is 1. The van der Waals surface area contributed by atoms with E-state index < -0.39 is 0 Å². The number of hydrogen-bond donors (Lipinski definition) is 2. The zero-order valence-corrected chi connectivity index (χ0v) is 8.38. The molecule has 0 aromatic rings. The maximum absolute atomic E-state index is 11.7. The Labute approximate surface area is 84.0 Å². The van der Waals surface area contributed by atoms with Crippen LogP contribution < -0.4 is 10.7 Å². The Bertz CT molecular complexity index is 256. The summed E-state index contributed by atoms with van der Waals surface area (Å²) in [5.41, 5.74) is 3.57. The predicted molar refractivity (Wildman–Crippen MR) is 52.4 cm³/mol. The van der Waals surface area contributed by atoms with E-state index in [2.05, 4.69) is 10.7 Å². The van der Waals surface area contributed by atoms with Crippen LogP contribution in [0.15, 0.2) is 0 Å². The van der Waals surface area contributed by atoms with E-state index in [0.717, 1.165) is 26.1 Å². The molecule has 0 aromatic carbocycles. The Balaban J connectivity index is 1.59. The molecular weight excluding hydrogens is 178 g/mol. The molecule has 1 aliphatic carbocycles. The molecule has 4 nitrogen and oxygen atoms in total. The Morgan fingerprint density at radius 3 is 2.93 bits per heavy atom. The molecule has 3 fully saturated rings. The largest absolute Gasteiger partial charge is 0.316 e. The van der Waals surface area contributed by atoms with Crippen LogP contribution in [-0.4, -0.2) is 36.1 Å². The Kier molecular flexibility index (Phi) is 1.82. The first kappa shape index (κ1) is 8.68. The molecule has 2 N–H and O–H groups in total. The van der Waals surface area contributed by atoms with E-state index in [1.165, 1.54) is 19.3 Å². The average Bonchev–Trinajstić information content (AvgIpc) is 2.62. The van der Waals surface area contributed by atoms with Gasteiger partial charge in [-0.15, -0.1) is 0 Å². The van der Waals surface area contributed by atoms with Crippen molar-refractivity contribution in [3.8, 4) is 0 Å². The molecule has 3 aliphatic rings. The summed E-state index contributed by atoms with van der Waals surface area (Å²) >= 11 is 0. The highest BCUT2D eigenvalue weighted by molar-refractivity contribution is 5.80. The predicted octanol–water partition coefficient (Wildman–Crippen LogP) is -0.135. The Hall–Kier alpha value is -0.610. The van der Waals surface area contributed by atoms with Gasteiger partial charge in [-0.2, -0.15) is 0 Å². The molecule has 1 atom stereocenters. The van der Waals surface area contributed by atoms with Crippen LogP contribution >= 0.6 is 0 Å². The fourth-order valence-corrected chi connectivity index (χ4v) is 2.49. The maximum atomic E-state index is 11.7. The zero-order valence-electron chi connectivity index (χ0n) is 8.38. The monoisotopic (exact) mass is 195 g/mol. The molecule has 0 radical (unpaired) electrons. The number of hydrogen-bond acceptors (Lipinski definition) is 3. The first-order valence-electron chi connectivity index (χ1n) is 5.56. The molecule has 78 valence electrons. The second-order valence-electron chi connectivity index (χ2n) is 4.93. The van der Waals surface area contributed by atoms with Crippen LogP contribution in [-0.2, 0) is 4.79 Å². The molecule has 2 saturated heterocycles. The van der Waals surface area contributed by atoms with Crippen LogP contribution in [0.5, 0.6) is 0 Å². The maximum Gasteiger partial charge on any atom is 0.238 e. The standard InChI is InChI=1S/C10H17N3O/c14-9-5-10(2-3-10)12-13(9)7-8-1-4-11-6-8/h8,11-12H,1-7H2. The molecule has 1 spiro atoms. The van der Waals surface area contributed by atoms with Crippen molar-refractivity contribution >= 4 is 5.91 Å². The highest BCUT2D eigenvalue weighted by atomic mass is 16.2. The molecule has 1 amide bonds. The van der Waals surface area contributed by atoms with E-state index in [-0.39, 0.29) is 5.54 Å². The van der Waals surface area contributed by atoms with Gasteiger partial charge < -0.3 is 5.32 Å². The van der Waals surface area contributed by atoms with E-state index in [1.807, 2.05) is 5.01 Å². The van der Waals surface area contributed by atoms with Gasteiger partial charge in [0.1, 0.15) is 0 Å². The van der Waals surface area contributed by atoms with Gasteiger partial charge in [-0.25, -0.2) is 5.43 Å². The highest BCUT2D eigenvalue weighted by Crippen LogP contribution is 2.42.